The fourth-order valence-electron chi connectivity index (χ4n) is 3.45. The van der Waals surface area contributed by atoms with E-state index in [0.717, 1.165) is 35.7 Å². The Bertz CT molecular complexity index is 806. The zero-order valence-corrected chi connectivity index (χ0v) is 16.1. The van der Waals surface area contributed by atoms with E-state index in [1.54, 1.807) is 6.21 Å². The van der Waals surface area contributed by atoms with Crippen LogP contribution in [0.5, 0.6) is 0 Å². The first-order chi connectivity index (χ1) is 12.6. The number of carbonyl (C=O) groups is 1. The first-order valence-electron chi connectivity index (χ1n) is 9.04. The van der Waals surface area contributed by atoms with Gasteiger partial charge < -0.3 is 4.57 Å². The number of aromatic nitrogens is 1. The average molecular weight is 373 g/mol. The summed E-state index contributed by atoms with van der Waals surface area (Å²) in [6.07, 6.45) is 5.30. The molecule has 0 atom stereocenters. The maximum absolute atomic E-state index is 12.0. The van der Waals surface area contributed by atoms with Gasteiger partial charge in [0.25, 0.3) is 5.91 Å². The fraction of sp³-hybridized carbons (Fsp3) is 0.400. The first kappa shape index (κ1) is 18.7. The average Bonchev–Trinajstić information content (AvgIpc) is 2.90. The Kier molecular flexibility index (Phi) is 6.12. The molecular formula is C20H25ClN4O. The van der Waals surface area contributed by atoms with Crippen LogP contribution < -0.4 is 5.43 Å². The third-order valence-electron chi connectivity index (χ3n) is 4.77. The van der Waals surface area contributed by atoms with Gasteiger partial charge in [0.15, 0.2) is 0 Å². The summed E-state index contributed by atoms with van der Waals surface area (Å²) in [5.41, 5.74) is 6.64. The number of para-hydroxylation sites is 1. The number of nitrogens with one attached hydrogen (secondary N) is 1. The van der Waals surface area contributed by atoms with Crippen LogP contribution in [-0.2, 0) is 4.79 Å². The van der Waals surface area contributed by atoms with E-state index in [9.17, 15) is 4.79 Å². The van der Waals surface area contributed by atoms with Gasteiger partial charge >= 0.3 is 0 Å². The summed E-state index contributed by atoms with van der Waals surface area (Å²) in [6, 6.07) is 9.79. The van der Waals surface area contributed by atoms with E-state index in [0.29, 0.717) is 11.6 Å². The Morgan fingerprint density at radius 1 is 1.23 bits per heavy atom. The number of carbonyl (C=O) groups excluding carboxylic acids is 1. The van der Waals surface area contributed by atoms with Crippen LogP contribution in [0.25, 0.3) is 5.69 Å². The fourth-order valence-corrected chi connectivity index (χ4v) is 3.67. The van der Waals surface area contributed by atoms with E-state index < -0.39 is 0 Å². The van der Waals surface area contributed by atoms with Crippen molar-refractivity contribution in [2.75, 3.05) is 19.6 Å². The topological polar surface area (TPSA) is 49.6 Å². The lowest BCUT2D eigenvalue weighted by molar-refractivity contribution is -0.122. The van der Waals surface area contributed by atoms with Gasteiger partial charge in [-0.1, -0.05) is 30.2 Å². The third-order valence-corrected chi connectivity index (χ3v) is 5.09. The maximum Gasteiger partial charge on any atom is 0.254 e. The summed E-state index contributed by atoms with van der Waals surface area (Å²) < 4.78 is 2.10. The number of nitrogens with zero attached hydrogens (tertiary/aromatic N) is 3. The van der Waals surface area contributed by atoms with Crippen LogP contribution in [-0.4, -0.2) is 41.2 Å². The molecule has 2 heterocycles. The normalized spacial score (nSPS) is 15.5. The van der Waals surface area contributed by atoms with E-state index >= 15 is 0 Å². The standard InChI is InChI=1S/C20H25ClN4O/c1-15-12-17(16(2)25(15)19-9-5-4-8-18(19)21)13-22-23-20(26)14-24-10-6-3-7-11-24/h4-5,8-9,12-13H,3,6-7,10-11,14H2,1-2H3,(H,23,26)/b22-13-. The minimum Gasteiger partial charge on any atom is -0.316 e. The van der Waals surface area contributed by atoms with Crippen molar-refractivity contribution >= 4 is 23.7 Å². The number of hydrazone groups is 1. The number of hydrogen-bond donors (Lipinski definition) is 1. The van der Waals surface area contributed by atoms with Crippen molar-refractivity contribution in [3.8, 4) is 5.69 Å². The SMILES string of the molecule is Cc1cc(/C=N\NC(=O)CN2CCCCC2)c(C)n1-c1ccccc1Cl. The van der Waals surface area contributed by atoms with Crippen LogP contribution in [0.1, 0.15) is 36.2 Å². The van der Waals surface area contributed by atoms with Crippen LogP contribution in [0, 0.1) is 13.8 Å². The Morgan fingerprint density at radius 2 is 1.96 bits per heavy atom. The number of aryl methyl sites for hydroxylation is 1. The van der Waals surface area contributed by atoms with Crippen molar-refractivity contribution in [2.45, 2.75) is 33.1 Å². The second kappa shape index (κ2) is 8.52. The smallest absolute Gasteiger partial charge is 0.254 e. The van der Waals surface area contributed by atoms with E-state index in [1.807, 2.05) is 44.2 Å². The van der Waals surface area contributed by atoms with Crippen LogP contribution in [0.3, 0.4) is 0 Å². The zero-order chi connectivity index (χ0) is 18.5. The Hall–Kier alpha value is -2.11. The number of benzene rings is 1. The highest BCUT2D eigenvalue weighted by atomic mass is 35.5. The van der Waals surface area contributed by atoms with Gasteiger partial charge in [-0.05, 0) is 58.0 Å². The van der Waals surface area contributed by atoms with Gasteiger partial charge in [0.05, 0.1) is 23.5 Å². The summed E-state index contributed by atoms with van der Waals surface area (Å²) in [5.74, 6) is -0.0666. The van der Waals surface area contributed by atoms with Gasteiger partial charge in [-0.15, -0.1) is 0 Å². The molecule has 1 aliphatic rings. The van der Waals surface area contributed by atoms with Crippen molar-refractivity contribution in [3.63, 3.8) is 0 Å². The first-order valence-corrected chi connectivity index (χ1v) is 9.42. The number of halogens is 1. The van der Waals surface area contributed by atoms with Gasteiger partial charge in [-0.2, -0.15) is 5.10 Å². The molecule has 1 amide bonds. The molecule has 2 aromatic rings. The van der Waals surface area contributed by atoms with Gasteiger partial charge in [0.1, 0.15) is 0 Å². The second-order valence-corrected chi connectivity index (χ2v) is 7.15. The molecule has 0 spiro atoms. The monoisotopic (exact) mass is 372 g/mol. The Labute approximate surface area is 159 Å². The molecule has 1 aliphatic heterocycles. The Balaban J connectivity index is 1.67. The minimum absolute atomic E-state index is 0.0666. The molecular weight excluding hydrogens is 348 g/mol. The highest BCUT2D eigenvalue weighted by Crippen LogP contribution is 2.25. The second-order valence-electron chi connectivity index (χ2n) is 6.74. The number of likely N-dealkylation sites (tertiary alicyclic amines) is 1. The summed E-state index contributed by atoms with van der Waals surface area (Å²) >= 11 is 6.33. The predicted molar refractivity (Wildman–Crippen MR) is 106 cm³/mol. The van der Waals surface area contributed by atoms with E-state index in [-0.39, 0.29) is 5.91 Å². The molecule has 6 heteroatoms. The molecule has 0 aliphatic carbocycles. The van der Waals surface area contributed by atoms with Gasteiger partial charge in [-0.3, -0.25) is 9.69 Å². The van der Waals surface area contributed by atoms with Gasteiger partial charge in [0.2, 0.25) is 0 Å². The van der Waals surface area contributed by atoms with Crippen LogP contribution >= 0.6 is 11.6 Å². The molecule has 3 rings (SSSR count). The van der Waals surface area contributed by atoms with Crippen molar-refractivity contribution < 1.29 is 4.79 Å². The molecule has 1 aromatic heterocycles. The molecule has 0 bridgehead atoms. The summed E-state index contributed by atoms with van der Waals surface area (Å²) in [5, 5.41) is 4.84. The summed E-state index contributed by atoms with van der Waals surface area (Å²) in [6.45, 7) is 6.46. The van der Waals surface area contributed by atoms with Crippen LogP contribution in [0.15, 0.2) is 35.4 Å². The van der Waals surface area contributed by atoms with Crippen LogP contribution in [0.4, 0.5) is 0 Å². The Morgan fingerprint density at radius 3 is 2.69 bits per heavy atom. The molecule has 0 radical (unpaired) electrons. The molecule has 26 heavy (non-hydrogen) atoms. The molecule has 1 N–H and O–H groups in total. The van der Waals surface area contributed by atoms with Crippen LogP contribution in [0.2, 0.25) is 5.02 Å². The lowest BCUT2D eigenvalue weighted by Gasteiger charge is -2.25. The maximum atomic E-state index is 12.0. The van der Waals surface area contributed by atoms with Gasteiger partial charge in [-0.25, -0.2) is 5.43 Å². The molecule has 1 fully saturated rings. The van der Waals surface area contributed by atoms with Crippen molar-refractivity contribution in [3.05, 3.63) is 52.3 Å². The molecule has 1 aromatic carbocycles. The van der Waals surface area contributed by atoms with E-state index in [4.69, 9.17) is 11.6 Å². The molecule has 138 valence electrons. The zero-order valence-electron chi connectivity index (χ0n) is 15.3. The number of piperidine rings is 1. The number of rotatable bonds is 5. The summed E-state index contributed by atoms with van der Waals surface area (Å²) in [7, 11) is 0. The highest BCUT2D eigenvalue weighted by molar-refractivity contribution is 6.32. The molecule has 0 saturated carbocycles. The third kappa shape index (κ3) is 4.34. The van der Waals surface area contributed by atoms with E-state index in [1.165, 1.54) is 19.3 Å². The lowest BCUT2D eigenvalue weighted by Crippen LogP contribution is -2.38. The number of hydrogen-bond acceptors (Lipinski definition) is 3. The largest absolute Gasteiger partial charge is 0.316 e. The minimum atomic E-state index is -0.0666. The van der Waals surface area contributed by atoms with Crippen molar-refractivity contribution in [2.24, 2.45) is 5.10 Å². The molecule has 1 saturated heterocycles. The lowest BCUT2D eigenvalue weighted by atomic mass is 10.1. The predicted octanol–water partition coefficient (Wildman–Crippen LogP) is 3.68. The van der Waals surface area contributed by atoms with Gasteiger partial charge in [0, 0.05) is 17.0 Å². The van der Waals surface area contributed by atoms with Crippen molar-refractivity contribution in [1.29, 1.82) is 0 Å². The molecule has 0 unspecified atom stereocenters. The quantitative estimate of drug-likeness (QED) is 0.642. The summed E-state index contributed by atoms with van der Waals surface area (Å²) in [4.78, 5) is 14.2. The highest BCUT2D eigenvalue weighted by Gasteiger charge is 2.14. The van der Waals surface area contributed by atoms with Crippen molar-refractivity contribution in [1.82, 2.24) is 14.9 Å². The number of amides is 1. The van der Waals surface area contributed by atoms with E-state index in [2.05, 4.69) is 20.0 Å². The molecule has 5 nitrogen and oxygen atoms in total.